The van der Waals surface area contributed by atoms with E-state index in [0.29, 0.717) is 15.8 Å². The smallest absolute Gasteiger partial charge is 0.412 e. The van der Waals surface area contributed by atoms with Gasteiger partial charge in [0.15, 0.2) is 0 Å². The molecular weight excluding hydrogens is 491 g/mol. The molecule has 0 unspecified atom stereocenters. The summed E-state index contributed by atoms with van der Waals surface area (Å²) in [5.41, 5.74) is -4.14. The van der Waals surface area contributed by atoms with Crippen molar-refractivity contribution in [3.8, 4) is 0 Å². The normalized spacial score (nSPS) is 13.0. The lowest BCUT2D eigenvalue weighted by Crippen LogP contribution is -2.27. The number of anilines is 1. The molecule has 1 amide bonds. The van der Waals surface area contributed by atoms with Gasteiger partial charge in [0, 0.05) is 20.2 Å². The van der Waals surface area contributed by atoms with Gasteiger partial charge in [-0.3, -0.25) is 9.88 Å². The summed E-state index contributed by atoms with van der Waals surface area (Å²) in [5.74, 6) is 0. The van der Waals surface area contributed by atoms with Gasteiger partial charge in [0.2, 0.25) is 0 Å². The Balaban J connectivity index is 2.43. The Morgan fingerprint density at radius 3 is 2.31 bits per heavy atom. The van der Waals surface area contributed by atoms with E-state index in [0.717, 1.165) is 11.3 Å². The highest BCUT2D eigenvalue weighted by Gasteiger charge is 2.57. The van der Waals surface area contributed by atoms with Crippen molar-refractivity contribution < 1.29 is 31.9 Å². The van der Waals surface area contributed by atoms with Gasteiger partial charge in [0.1, 0.15) is 10.5 Å². The molecule has 11 heteroatoms. The third-order valence-corrected chi connectivity index (χ3v) is 8.06. The third-order valence-electron chi connectivity index (χ3n) is 3.49. The zero-order chi connectivity index (χ0) is 22.0. The number of hydrogen-bond acceptors (Lipinski definition) is 6. The molecule has 2 rings (SSSR count). The molecule has 6 nitrogen and oxygen atoms in total. The van der Waals surface area contributed by atoms with Crippen LogP contribution < -0.4 is 5.32 Å². The number of carbonyl (C=O) groups excluding carboxylic acids is 1. The quantitative estimate of drug-likeness (QED) is 0.392. The van der Waals surface area contributed by atoms with E-state index < -0.39 is 29.8 Å². The Hall–Kier alpha value is -1.06. The molecule has 0 bridgehead atoms. The fourth-order valence-electron chi connectivity index (χ4n) is 2.42. The molecule has 1 heterocycles. The molecule has 2 aromatic rings. The molecule has 1 N–H and O–H groups in total. The van der Waals surface area contributed by atoms with Crippen LogP contribution in [0.25, 0.3) is 10.1 Å². The number of thiophene rings is 1. The van der Waals surface area contributed by atoms with Gasteiger partial charge in [0.05, 0.1) is 13.2 Å². The van der Waals surface area contributed by atoms with Gasteiger partial charge in [-0.05, 0) is 62.7 Å². The number of carbonyl (C=O) groups is 1. The number of alkyl halides is 2. The predicted octanol–water partition coefficient (Wildman–Crippen LogP) is 7.33. The lowest BCUT2D eigenvalue weighted by Gasteiger charge is -2.25. The summed E-state index contributed by atoms with van der Waals surface area (Å²) in [4.78, 5) is 11.5. The maximum Gasteiger partial charge on any atom is 0.412 e. The van der Waals surface area contributed by atoms with Gasteiger partial charge in [0.25, 0.3) is 0 Å². The van der Waals surface area contributed by atoms with Crippen LogP contribution in [-0.4, -0.2) is 24.9 Å². The van der Waals surface area contributed by atoms with E-state index in [1.54, 1.807) is 39.0 Å². The van der Waals surface area contributed by atoms with Gasteiger partial charge in [-0.1, -0.05) is 6.07 Å². The van der Waals surface area contributed by atoms with Crippen molar-refractivity contribution in [3.63, 3.8) is 0 Å². The lowest BCUT2D eigenvalue weighted by molar-refractivity contribution is 0.0387. The van der Waals surface area contributed by atoms with Gasteiger partial charge < -0.3 is 13.8 Å². The summed E-state index contributed by atoms with van der Waals surface area (Å²) in [7, 11) is -4.73. The Morgan fingerprint density at radius 1 is 1.21 bits per heavy atom. The van der Waals surface area contributed by atoms with Crippen molar-refractivity contribution in [3.05, 3.63) is 27.5 Å². The Labute approximate surface area is 180 Å². The van der Waals surface area contributed by atoms with Crippen LogP contribution in [-0.2, 0) is 24.0 Å². The molecule has 29 heavy (non-hydrogen) atoms. The molecule has 0 saturated heterocycles. The summed E-state index contributed by atoms with van der Waals surface area (Å²) in [5, 5.41) is 3.05. The van der Waals surface area contributed by atoms with Crippen molar-refractivity contribution in [1.29, 1.82) is 0 Å². The van der Waals surface area contributed by atoms with Crippen molar-refractivity contribution in [1.82, 2.24) is 0 Å². The first-order valence-electron chi connectivity index (χ1n) is 8.84. The molecular formula is C18H23BrF2NO5PS. The maximum atomic E-state index is 15.2. The van der Waals surface area contributed by atoms with E-state index in [1.165, 1.54) is 13.8 Å². The van der Waals surface area contributed by atoms with Crippen LogP contribution in [0.4, 0.5) is 19.3 Å². The molecule has 0 atom stereocenters. The second-order valence-corrected chi connectivity index (χ2v) is 10.9. The topological polar surface area (TPSA) is 73.9 Å². The highest BCUT2D eigenvalue weighted by molar-refractivity contribution is 9.10. The second kappa shape index (κ2) is 8.98. The van der Waals surface area contributed by atoms with Crippen LogP contribution in [0, 0.1) is 0 Å². The Kier molecular flexibility index (Phi) is 7.49. The summed E-state index contributed by atoms with van der Waals surface area (Å²) < 4.78 is 58.5. The van der Waals surface area contributed by atoms with E-state index in [2.05, 4.69) is 21.2 Å². The molecule has 0 radical (unpaired) electrons. The number of fused-ring (bicyclic) bond motifs is 1. The van der Waals surface area contributed by atoms with E-state index in [4.69, 9.17) is 13.8 Å². The minimum absolute atomic E-state index is 0.103. The van der Waals surface area contributed by atoms with Gasteiger partial charge in [-0.15, -0.1) is 11.3 Å². The first kappa shape index (κ1) is 24.2. The van der Waals surface area contributed by atoms with Crippen LogP contribution >= 0.6 is 34.9 Å². The number of amides is 1. The van der Waals surface area contributed by atoms with Crippen LogP contribution in [0.2, 0.25) is 0 Å². The number of halogens is 3. The maximum absolute atomic E-state index is 15.2. The summed E-state index contributed by atoms with van der Waals surface area (Å²) >= 11 is 3.93. The minimum Gasteiger partial charge on any atom is -0.444 e. The molecule has 162 valence electrons. The zero-order valence-electron chi connectivity index (χ0n) is 16.7. The highest BCUT2D eigenvalue weighted by atomic mass is 79.9. The third kappa shape index (κ3) is 5.35. The molecule has 0 fully saturated rings. The summed E-state index contributed by atoms with van der Waals surface area (Å²) in [6.45, 7) is 7.77. The van der Waals surface area contributed by atoms with Crippen molar-refractivity contribution >= 4 is 56.7 Å². The van der Waals surface area contributed by atoms with Crippen LogP contribution in [0.5, 0.6) is 0 Å². The van der Waals surface area contributed by atoms with Crippen LogP contribution in [0.15, 0.2) is 22.7 Å². The SMILES string of the molecule is CCOP(=O)(OCC)C(F)(F)c1sc2cc(NC(=O)OC(C)(C)C)ccc2c1Br. The monoisotopic (exact) mass is 513 g/mol. The zero-order valence-corrected chi connectivity index (χ0v) is 20.0. The van der Waals surface area contributed by atoms with Gasteiger partial charge >= 0.3 is 19.4 Å². The average Bonchev–Trinajstić information content (AvgIpc) is 2.90. The highest BCUT2D eigenvalue weighted by Crippen LogP contribution is 2.69. The number of hydrogen-bond donors (Lipinski definition) is 1. The van der Waals surface area contributed by atoms with E-state index in [9.17, 15) is 9.36 Å². The second-order valence-electron chi connectivity index (χ2n) is 6.96. The minimum atomic E-state index is -4.73. The molecule has 0 aliphatic heterocycles. The van der Waals surface area contributed by atoms with E-state index in [1.807, 2.05) is 0 Å². The standard InChI is InChI=1S/C18H23BrF2NO5PS/c1-6-25-28(24,26-7-2)18(20,21)15-14(19)12-9-8-11(10-13(12)29-15)22-16(23)27-17(3,4)5/h8-10H,6-7H2,1-5H3,(H,22,23). The van der Waals surface area contributed by atoms with Crippen molar-refractivity contribution in [2.75, 3.05) is 18.5 Å². The number of benzene rings is 1. The molecule has 0 saturated carbocycles. The average molecular weight is 514 g/mol. The molecule has 1 aromatic carbocycles. The number of rotatable bonds is 7. The van der Waals surface area contributed by atoms with Gasteiger partial charge in [-0.25, -0.2) is 4.79 Å². The molecule has 1 aromatic heterocycles. The van der Waals surface area contributed by atoms with Crippen molar-refractivity contribution in [2.24, 2.45) is 0 Å². The summed E-state index contributed by atoms with van der Waals surface area (Å²) in [6, 6.07) is 4.69. The first-order chi connectivity index (χ1) is 13.3. The van der Waals surface area contributed by atoms with Crippen molar-refractivity contribution in [2.45, 2.75) is 45.9 Å². The largest absolute Gasteiger partial charge is 0.444 e. The predicted molar refractivity (Wildman–Crippen MR) is 114 cm³/mol. The molecule has 0 aliphatic rings. The fourth-order valence-corrected chi connectivity index (χ4v) is 6.46. The lowest BCUT2D eigenvalue weighted by atomic mass is 10.2. The Bertz CT molecular complexity index is 934. The Morgan fingerprint density at radius 2 is 1.79 bits per heavy atom. The van der Waals surface area contributed by atoms with E-state index >= 15 is 8.78 Å². The first-order valence-corrected chi connectivity index (χ1v) is 12.0. The number of nitrogens with one attached hydrogen (secondary N) is 1. The molecule has 0 spiro atoms. The van der Waals surface area contributed by atoms with E-state index in [-0.39, 0.29) is 17.7 Å². The van der Waals surface area contributed by atoms with Crippen LogP contribution in [0.3, 0.4) is 0 Å². The fraction of sp³-hybridized carbons (Fsp3) is 0.500. The molecule has 0 aliphatic carbocycles. The number of ether oxygens (including phenoxy) is 1. The summed E-state index contributed by atoms with van der Waals surface area (Å²) in [6.07, 6.45) is -0.657. The van der Waals surface area contributed by atoms with Gasteiger partial charge in [-0.2, -0.15) is 8.78 Å². The van der Waals surface area contributed by atoms with Crippen LogP contribution in [0.1, 0.15) is 39.5 Å².